The summed E-state index contributed by atoms with van der Waals surface area (Å²) in [5.41, 5.74) is 5.13. The molecule has 0 bridgehead atoms. The van der Waals surface area contributed by atoms with Crippen molar-refractivity contribution in [1.82, 2.24) is 15.3 Å². The molecule has 43 heavy (non-hydrogen) atoms. The number of nitrogens with zero attached hydrogens (tertiary/aromatic N) is 2. The predicted molar refractivity (Wildman–Crippen MR) is 162 cm³/mol. The van der Waals surface area contributed by atoms with Crippen LogP contribution in [0.4, 0.5) is 5.69 Å². The fourth-order valence-electron chi connectivity index (χ4n) is 6.47. The second-order valence-corrected chi connectivity index (χ2v) is 12.1. The fraction of sp³-hybridized carbons (Fsp3) is 0.576. The number of benzene rings is 2. The first-order chi connectivity index (χ1) is 21.0. The third-order valence-electron chi connectivity index (χ3n) is 8.87. The number of carbonyl (C=O) groups is 2. The summed E-state index contributed by atoms with van der Waals surface area (Å²) in [4.78, 5) is 28.7. The summed E-state index contributed by atoms with van der Waals surface area (Å²) in [7, 11) is 0. The molecule has 3 saturated heterocycles. The van der Waals surface area contributed by atoms with Gasteiger partial charge in [-0.25, -0.2) is 5.48 Å². The van der Waals surface area contributed by atoms with Gasteiger partial charge in [-0.05, 0) is 81.4 Å². The molecule has 0 aromatic heterocycles. The van der Waals surface area contributed by atoms with E-state index in [2.05, 4.69) is 15.1 Å². The third-order valence-corrected chi connectivity index (χ3v) is 8.87. The highest BCUT2D eigenvalue weighted by Gasteiger charge is 2.36. The molecule has 0 radical (unpaired) electrons. The van der Waals surface area contributed by atoms with Crippen molar-refractivity contribution in [3.8, 4) is 0 Å². The smallest absolute Gasteiger partial charge is 0.243 e. The number of anilines is 1. The molecule has 10 nitrogen and oxygen atoms in total. The molecule has 0 unspecified atom stereocenters. The van der Waals surface area contributed by atoms with Crippen LogP contribution in [0.1, 0.15) is 86.9 Å². The summed E-state index contributed by atoms with van der Waals surface area (Å²) in [6.45, 7) is 5.55. The van der Waals surface area contributed by atoms with Crippen molar-refractivity contribution in [1.29, 1.82) is 0 Å². The molecule has 2 aromatic rings. The second-order valence-electron chi connectivity index (χ2n) is 12.1. The van der Waals surface area contributed by atoms with E-state index in [4.69, 9.17) is 14.7 Å². The van der Waals surface area contributed by atoms with Gasteiger partial charge in [-0.1, -0.05) is 36.4 Å². The van der Waals surface area contributed by atoms with Gasteiger partial charge in [0.2, 0.25) is 11.8 Å². The lowest BCUT2D eigenvalue weighted by Gasteiger charge is -2.39. The molecule has 4 N–H and O–H groups in total. The number of carbonyl (C=O) groups excluding carboxylic acids is 2. The molecule has 234 valence electrons. The zero-order valence-corrected chi connectivity index (χ0v) is 25.0. The Kier molecular flexibility index (Phi) is 11.6. The SMILES string of the molecule is O=C(CCCCC(=O)Nc1ccc([C@H]2O[C@@H](CN3CCC[C@H]3CN3CCCC3)C[C@@H](c3ccc(CO)cc3)O2)cc1)NO. The van der Waals surface area contributed by atoms with Crippen LogP contribution in [0.15, 0.2) is 48.5 Å². The van der Waals surface area contributed by atoms with Gasteiger partial charge in [0.1, 0.15) is 0 Å². The van der Waals surface area contributed by atoms with Gasteiger partial charge in [0, 0.05) is 49.6 Å². The number of amides is 2. The number of nitrogens with one attached hydrogen (secondary N) is 2. The van der Waals surface area contributed by atoms with Crippen LogP contribution >= 0.6 is 0 Å². The van der Waals surface area contributed by atoms with Crippen LogP contribution < -0.4 is 10.8 Å². The Bertz CT molecular complexity index is 1170. The highest BCUT2D eigenvalue weighted by molar-refractivity contribution is 5.90. The number of unbranched alkanes of at least 4 members (excludes halogenated alkanes) is 1. The third kappa shape index (κ3) is 9.07. The number of hydrogen-bond donors (Lipinski definition) is 4. The first kappa shape index (κ1) is 31.6. The Hall–Kier alpha value is -2.86. The van der Waals surface area contributed by atoms with E-state index >= 15 is 0 Å². The first-order valence-electron chi connectivity index (χ1n) is 15.8. The minimum Gasteiger partial charge on any atom is -0.392 e. The molecule has 4 atom stereocenters. The summed E-state index contributed by atoms with van der Waals surface area (Å²) < 4.78 is 13.1. The number of hydrogen-bond acceptors (Lipinski definition) is 8. The number of hydroxylamine groups is 1. The van der Waals surface area contributed by atoms with Gasteiger partial charge < -0.3 is 24.8 Å². The lowest BCUT2D eigenvalue weighted by atomic mass is 9.99. The van der Waals surface area contributed by atoms with E-state index in [1.54, 1.807) is 5.48 Å². The molecule has 0 spiro atoms. The highest BCUT2D eigenvalue weighted by Crippen LogP contribution is 2.39. The monoisotopic (exact) mass is 594 g/mol. The molecule has 3 aliphatic heterocycles. The van der Waals surface area contributed by atoms with Crippen molar-refractivity contribution >= 4 is 17.5 Å². The maximum absolute atomic E-state index is 12.4. The molecule has 0 saturated carbocycles. The quantitative estimate of drug-likeness (QED) is 0.154. The van der Waals surface area contributed by atoms with Gasteiger partial charge >= 0.3 is 0 Å². The van der Waals surface area contributed by atoms with Crippen LogP contribution in [0.3, 0.4) is 0 Å². The summed E-state index contributed by atoms with van der Waals surface area (Å²) >= 11 is 0. The number of aliphatic hydroxyl groups is 1. The summed E-state index contributed by atoms with van der Waals surface area (Å²) in [5, 5.41) is 21.0. The summed E-state index contributed by atoms with van der Waals surface area (Å²) in [6, 6.07) is 16.1. The lowest BCUT2D eigenvalue weighted by molar-refractivity contribution is -0.253. The Morgan fingerprint density at radius 2 is 1.53 bits per heavy atom. The standard InChI is InChI=1S/C33H46N4O6/c38-23-24-9-11-25(12-10-24)30-20-29(22-37-19-5-6-28(37)21-36-17-3-4-18-36)42-33(43-30)26-13-15-27(16-14-26)34-31(39)7-1-2-8-32(40)35-41/h9-16,28-30,33,38,41H,1-8,17-23H2,(H,34,39)(H,35,40)/t28-,29+,30-,33-/m0/s1. The maximum Gasteiger partial charge on any atom is 0.243 e. The predicted octanol–water partition coefficient (Wildman–Crippen LogP) is 4.29. The van der Waals surface area contributed by atoms with E-state index in [0.717, 1.165) is 42.7 Å². The van der Waals surface area contributed by atoms with E-state index in [-0.39, 0.29) is 31.1 Å². The summed E-state index contributed by atoms with van der Waals surface area (Å²) in [6.07, 6.45) is 6.73. The van der Waals surface area contributed by atoms with Crippen LogP contribution in [-0.2, 0) is 25.7 Å². The van der Waals surface area contributed by atoms with Crippen LogP contribution in [0.2, 0.25) is 0 Å². The van der Waals surface area contributed by atoms with Gasteiger partial charge in [0.05, 0.1) is 18.8 Å². The average molecular weight is 595 g/mol. The molecule has 2 aromatic carbocycles. The van der Waals surface area contributed by atoms with Crippen molar-refractivity contribution in [3.63, 3.8) is 0 Å². The van der Waals surface area contributed by atoms with Crippen LogP contribution in [0.5, 0.6) is 0 Å². The molecule has 10 heteroatoms. The Morgan fingerprint density at radius 1 is 0.837 bits per heavy atom. The van der Waals surface area contributed by atoms with Crippen molar-refractivity contribution in [2.45, 2.75) is 88.9 Å². The van der Waals surface area contributed by atoms with E-state index in [1.807, 2.05) is 48.5 Å². The van der Waals surface area contributed by atoms with E-state index < -0.39 is 12.2 Å². The topological polar surface area (TPSA) is 124 Å². The molecular formula is C33H46N4O6. The van der Waals surface area contributed by atoms with Gasteiger partial charge in [-0.2, -0.15) is 0 Å². The van der Waals surface area contributed by atoms with Gasteiger partial charge in [0.15, 0.2) is 6.29 Å². The highest BCUT2D eigenvalue weighted by atomic mass is 16.7. The lowest BCUT2D eigenvalue weighted by Crippen LogP contribution is -2.45. The van der Waals surface area contributed by atoms with E-state index in [0.29, 0.717) is 31.0 Å². The van der Waals surface area contributed by atoms with Crippen molar-refractivity contribution in [2.24, 2.45) is 0 Å². The Morgan fingerprint density at radius 3 is 2.23 bits per heavy atom. The molecule has 2 amide bonds. The number of aliphatic hydroxyl groups excluding tert-OH is 1. The number of ether oxygens (including phenoxy) is 2. The number of likely N-dealkylation sites (tertiary alicyclic amines) is 2. The van der Waals surface area contributed by atoms with Crippen LogP contribution in [0, 0.1) is 0 Å². The minimum absolute atomic E-state index is 0.00717. The largest absolute Gasteiger partial charge is 0.392 e. The van der Waals surface area contributed by atoms with Crippen LogP contribution in [-0.4, -0.2) is 76.8 Å². The van der Waals surface area contributed by atoms with E-state index in [9.17, 15) is 14.7 Å². The Balaban J connectivity index is 1.22. The molecule has 3 aliphatic rings. The molecule has 5 rings (SSSR count). The molecular weight excluding hydrogens is 548 g/mol. The molecule has 3 fully saturated rings. The average Bonchev–Trinajstić information content (AvgIpc) is 3.72. The molecule has 3 heterocycles. The summed E-state index contributed by atoms with van der Waals surface area (Å²) in [5.74, 6) is -0.569. The maximum atomic E-state index is 12.4. The van der Waals surface area contributed by atoms with Gasteiger partial charge in [-0.15, -0.1) is 0 Å². The normalized spacial score (nSPS) is 24.7. The minimum atomic E-state index is -0.539. The van der Waals surface area contributed by atoms with E-state index in [1.165, 1.54) is 38.8 Å². The zero-order chi connectivity index (χ0) is 30.0. The zero-order valence-electron chi connectivity index (χ0n) is 25.0. The van der Waals surface area contributed by atoms with Crippen LogP contribution in [0.25, 0.3) is 0 Å². The van der Waals surface area contributed by atoms with Gasteiger partial charge in [0.25, 0.3) is 0 Å². The van der Waals surface area contributed by atoms with Crippen molar-refractivity contribution in [2.75, 3.05) is 38.0 Å². The second kappa shape index (κ2) is 15.7. The number of rotatable bonds is 13. The van der Waals surface area contributed by atoms with Gasteiger partial charge in [-0.3, -0.25) is 19.7 Å². The van der Waals surface area contributed by atoms with Crippen molar-refractivity contribution < 1.29 is 29.4 Å². The first-order valence-corrected chi connectivity index (χ1v) is 15.8. The van der Waals surface area contributed by atoms with Crippen molar-refractivity contribution in [3.05, 3.63) is 65.2 Å². The molecule has 0 aliphatic carbocycles. The fourth-order valence-corrected chi connectivity index (χ4v) is 6.47. The Labute approximate surface area is 254 Å².